The van der Waals surface area contributed by atoms with Crippen LogP contribution in [0, 0.1) is 0 Å². The van der Waals surface area contributed by atoms with Crippen LogP contribution in [0.15, 0.2) is 47.8 Å². The van der Waals surface area contributed by atoms with Gasteiger partial charge in [0.2, 0.25) is 5.91 Å². The molecule has 1 amide bonds. The molecule has 0 aliphatic carbocycles. The number of carbonyl (C=O) groups excluding carboxylic acids is 1. The number of ether oxygens (including phenoxy) is 2. The molecule has 0 saturated carbocycles. The molecule has 0 unspecified atom stereocenters. The average Bonchev–Trinajstić information content (AvgIpc) is 3.20. The van der Waals surface area contributed by atoms with E-state index in [0.717, 1.165) is 17.7 Å². The van der Waals surface area contributed by atoms with Crippen molar-refractivity contribution in [3.63, 3.8) is 0 Å². The molecule has 3 aromatic rings. The molecule has 0 bridgehead atoms. The lowest BCUT2D eigenvalue weighted by atomic mass is 10.1. The van der Waals surface area contributed by atoms with Crippen molar-refractivity contribution < 1.29 is 27.4 Å². The number of thiazole rings is 1. The number of nitrogens with zero attached hydrogens (tertiary/aromatic N) is 2. The van der Waals surface area contributed by atoms with Crippen LogP contribution in [0.2, 0.25) is 0 Å². The summed E-state index contributed by atoms with van der Waals surface area (Å²) >= 11 is 1.28. The van der Waals surface area contributed by atoms with Gasteiger partial charge >= 0.3 is 6.18 Å². The van der Waals surface area contributed by atoms with Gasteiger partial charge in [-0.3, -0.25) is 9.69 Å². The summed E-state index contributed by atoms with van der Waals surface area (Å²) in [6.45, 7) is 0.388. The summed E-state index contributed by atoms with van der Waals surface area (Å²) in [4.78, 5) is 18.5. The molecular formula is C22H22F3N3O3S. The standard InChI is InChI=1S/C22H22F3N3O3S/c1-28(11-14-4-6-15(7-5-14)22(23,24)25)12-20(29)27-21-26-18(13-32-21)17-9-8-16(30-2)10-19(17)31-3/h4-10,13H,11-12H2,1-3H3,(H,26,27,29). The Morgan fingerprint density at radius 3 is 2.47 bits per heavy atom. The fourth-order valence-electron chi connectivity index (χ4n) is 3.04. The number of amides is 1. The van der Waals surface area contributed by atoms with E-state index in [0.29, 0.717) is 34.4 Å². The number of hydrogen-bond acceptors (Lipinski definition) is 6. The molecule has 0 atom stereocenters. The minimum absolute atomic E-state index is 0.0573. The highest BCUT2D eigenvalue weighted by Crippen LogP contribution is 2.35. The van der Waals surface area contributed by atoms with Crippen LogP contribution >= 0.6 is 11.3 Å². The van der Waals surface area contributed by atoms with Gasteiger partial charge in [0.15, 0.2) is 5.13 Å². The van der Waals surface area contributed by atoms with Gasteiger partial charge in [-0.25, -0.2) is 4.98 Å². The van der Waals surface area contributed by atoms with Gasteiger partial charge < -0.3 is 14.8 Å². The summed E-state index contributed by atoms with van der Waals surface area (Å²) in [5, 5.41) is 5.00. The Morgan fingerprint density at radius 2 is 1.84 bits per heavy atom. The second-order valence-electron chi connectivity index (χ2n) is 7.02. The number of likely N-dealkylation sites (N-methyl/N-ethyl adjacent to an activating group) is 1. The number of benzene rings is 2. The van der Waals surface area contributed by atoms with E-state index in [1.807, 2.05) is 11.4 Å². The van der Waals surface area contributed by atoms with E-state index in [9.17, 15) is 18.0 Å². The van der Waals surface area contributed by atoms with Crippen LogP contribution in [0.3, 0.4) is 0 Å². The van der Waals surface area contributed by atoms with Gasteiger partial charge in [0.05, 0.1) is 32.0 Å². The van der Waals surface area contributed by atoms with E-state index >= 15 is 0 Å². The van der Waals surface area contributed by atoms with Crippen LogP contribution in [0.5, 0.6) is 11.5 Å². The van der Waals surface area contributed by atoms with Crippen LogP contribution in [-0.2, 0) is 17.5 Å². The number of anilines is 1. The lowest BCUT2D eigenvalue weighted by Gasteiger charge is -2.16. The van der Waals surface area contributed by atoms with Gasteiger partial charge in [-0.2, -0.15) is 13.2 Å². The molecule has 0 aliphatic rings. The Kier molecular flexibility index (Phi) is 7.37. The van der Waals surface area contributed by atoms with E-state index in [4.69, 9.17) is 9.47 Å². The molecule has 1 heterocycles. The van der Waals surface area contributed by atoms with E-state index in [1.165, 1.54) is 23.5 Å². The highest BCUT2D eigenvalue weighted by atomic mass is 32.1. The van der Waals surface area contributed by atoms with Gasteiger partial charge in [0, 0.05) is 23.6 Å². The molecule has 1 N–H and O–H groups in total. The molecule has 0 saturated heterocycles. The molecular weight excluding hydrogens is 443 g/mol. The number of methoxy groups -OCH3 is 2. The third-order valence-corrected chi connectivity index (χ3v) is 5.34. The first-order chi connectivity index (χ1) is 15.2. The van der Waals surface area contributed by atoms with Crippen molar-refractivity contribution >= 4 is 22.4 Å². The Labute approximate surface area is 187 Å². The highest BCUT2D eigenvalue weighted by molar-refractivity contribution is 7.14. The molecule has 170 valence electrons. The molecule has 0 spiro atoms. The molecule has 6 nitrogen and oxygen atoms in total. The average molecular weight is 465 g/mol. The second kappa shape index (κ2) is 10.0. The van der Waals surface area contributed by atoms with Gasteiger partial charge in [0.25, 0.3) is 0 Å². The fraction of sp³-hybridized carbons (Fsp3) is 0.273. The van der Waals surface area contributed by atoms with Crippen molar-refractivity contribution in [2.45, 2.75) is 12.7 Å². The fourth-order valence-corrected chi connectivity index (χ4v) is 3.76. The number of nitrogens with one attached hydrogen (secondary N) is 1. The molecule has 0 fully saturated rings. The zero-order valence-corrected chi connectivity index (χ0v) is 18.5. The maximum absolute atomic E-state index is 12.7. The van der Waals surface area contributed by atoms with Crippen LogP contribution in [-0.4, -0.2) is 43.6 Å². The van der Waals surface area contributed by atoms with Crippen LogP contribution in [0.25, 0.3) is 11.3 Å². The third kappa shape index (κ3) is 5.98. The van der Waals surface area contributed by atoms with Crippen molar-refractivity contribution in [3.8, 4) is 22.8 Å². The molecule has 0 radical (unpaired) electrons. The summed E-state index contributed by atoms with van der Waals surface area (Å²) in [5.74, 6) is 0.983. The zero-order chi connectivity index (χ0) is 23.3. The molecule has 3 rings (SSSR count). The van der Waals surface area contributed by atoms with Gasteiger partial charge in [-0.15, -0.1) is 11.3 Å². The first-order valence-electron chi connectivity index (χ1n) is 9.52. The quantitative estimate of drug-likeness (QED) is 0.512. The van der Waals surface area contributed by atoms with Crippen molar-refractivity contribution in [3.05, 3.63) is 59.0 Å². The lowest BCUT2D eigenvalue weighted by Crippen LogP contribution is -2.29. The second-order valence-corrected chi connectivity index (χ2v) is 7.88. The zero-order valence-electron chi connectivity index (χ0n) is 17.7. The predicted octanol–water partition coefficient (Wildman–Crippen LogP) is 4.92. The lowest BCUT2D eigenvalue weighted by molar-refractivity contribution is -0.137. The van der Waals surface area contributed by atoms with E-state index in [-0.39, 0.29) is 12.5 Å². The number of hydrogen-bond donors (Lipinski definition) is 1. The summed E-state index contributed by atoms with van der Waals surface area (Å²) in [7, 11) is 4.84. The number of aromatic nitrogens is 1. The summed E-state index contributed by atoms with van der Waals surface area (Å²) < 4.78 is 48.6. The van der Waals surface area contributed by atoms with Crippen LogP contribution in [0.1, 0.15) is 11.1 Å². The van der Waals surface area contributed by atoms with E-state index < -0.39 is 11.7 Å². The predicted molar refractivity (Wildman–Crippen MR) is 117 cm³/mol. The normalized spacial score (nSPS) is 11.5. The number of alkyl halides is 3. The smallest absolute Gasteiger partial charge is 0.416 e. The van der Waals surface area contributed by atoms with Crippen LogP contribution < -0.4 is 14.8 Å². The monoisotopic (exact) mass is 465 g/mol. The largest absolute Gasteiger partial charge is 0.497 e. The molecule has 1 aromatic heterocycles. The van der Waals surface area contributed by atoms with E-state index in [1.54, 1.807) is 38.3 Å². The maximum atomic E-state index is 12.7. The van der Waals surface area contributed by atoms with E-state index in [2.05, 4.69) is 10.3 Å². The summed E-state index contributed by atoms with van der Waals surface area (Å²) in [6, 6.07) is 10.3. The van der Waals surface area contributed by atoms with Crippen molar-refractivity contribution in [1.82, 2.24) is 9.88 Å². The first-order valence-corrected chi connectivity index (χ1v) is 10.4. The Morgan fingerprint density at radius 1 is 1.12 bits per heavy atom. The van der Waals surface area contributed by atoms with Crippen LogP contribution in [0.4, 0.5) is 18.3 Å². The van der Waals surface area contributed by atoms with Gasteiger partial charge in [-0.1, -0.05) is 12.1 Å². The Balaban J connectivity index is 1.58. The summed E-state index contributed by atoms with van der Waals surface area (Å²) in [6.07, 6.45) is -4.37. The minimum atomic E-state index is -4.37. The number of halogens is 3. The Bertz CT molecular complexity index is 1070. The molecule has 32 heavy (non-hydrogen) atoms. The maximum Gasteiger partial charge on any atom is 0.416 e. The number of rotatable bonds is 8. The topological polar surface area (TPSA) is 63.7 Å². The third-order valence-electron chi connectivity index (χ3n) is 4.58. The highest BCUT2D eigenvalue weighted by Gasteiger charge is 2.29. The first kappa shape index (κ1) is 23.6. The summed E-state index contributed by atoms with van der Waals surface area (Å²) in [5.41, 5.74) is 1.40. The molecule has 0 aliphatic heterocycles. The van der Waals surface area contributed by atoms with Crippen molar-refractivity contribution in [2.75, 3.05) is 33.1 Å². The SMILES string of the molecule is COc1ccc(-c2csc(NC(=O)CN(C)Cc3ccc(C(F)(F)F)cc3)n2)c(OC)c1. The molecule has 10 heteroatoms. The van der Waals surface area contributed by atoms with Crippen molar-refractivity contribution in [1.29, 1.82) is 0 Å². The minimum Gasteiger partial charge on any atom is -0.497 e. The van der Waals surface area contributed by atoms with Gasteiger partial charge in [-0.05, 0) is 36.9 Å². The molecule has 2 aromatic carbocycles. The Hall–Kier alpha value is -3.11. The van der Waals surface area contributed by atoms with Gasteiger partial charge in [0.1, 0.15) is 11.5 Å². The van der Waals surface area contributed by atoms with Crippen molar-refractivity contribution in [2.24, 2.45) is 0 Å². The number of carbonyl (C=O) groups is 1.